The Morgan fingerprint density at radius 2 is 1.83 bits per heavy atom. The Labute approximate surface area is 171 Å². The number of hydrogen-bond donors (Lipinski definition) is 1. The highest BCUT2D eigenvalue weighted by Gasteiger charge is 2.06. The Morgan fingerprint density at radius 3 is 2.52 bits per heavy atom. The molecule has 0 spiro atoms. The fraction of sp³-hybridized carbons (Fsp3) is 0.0476. The van der Waals surface area contributed by atoms with Gasteiger partial charge in [-0.05, 0) is 59.7 Å². The number of nitro benzene ring substituents is 1. The summed E-state index contributed by atoms with van der Waals surface area (Å²) < 4.78 is 5.64. The molecule has 146 valence electrons. The van der Waals surface area contributed by atoms with Crippen molar-refractivity contribution in [3.05, 3.63) is 105 Å². The normalized spacial score (nSPS) is 10.7. The van der Waals surface area contributed by atoms with Crippen LogP contribution in [-0.2, 0) is 6.61 Å². The van der Waals surface area contributed by atoms with Gasteiger partial charge in [0.2, 0.25) is 0 Å². The highest BCUT2D eigenvalue weighted by Crippen LogP contribution is 2.17. The zero-order chi connectivity index (χ0) is 20.6. The number of hydrazone groups is 1. The van der Waals surface area contributed by atoms with Gasteiger partial charge in [-0.15, -0.1) is 0 Å². The molecular formula is C21H16ClN3O4. The highest BCUT2D eigenvalue weighted by molar-refractivity contribution is 6.30. The molecule has 3 aromatic rings. The van der Waals surface area contributed by atoms with Crippen LogP contribution in [-0.4, -0.2) is 17.0 Å². The number of non-ortho nitro benzene ring substituents is 1. The molecule has 8 heteroatoms. The molecule has 0 bridgehead atoms. The van der Waals surface area contributed by atoms with E-state index in [1.54, 1.807) is 60.7 Å². The first-order valence-corrected chi connectivity index (χ1v) is 8.94. The summed E-state index contributed by atoms with van der Waals surface area (Å²) in [6.07, 6.45) is 1.51. The first-order chi connectivity index (χ1) is 14.0. The number of carbonyl (C=O) groups is 1. The van der Waals surface area contributed by atoms with Gasteiger partial charge in [0.1, 0.15) is 12.4 Å². The lowest BCUT2D eigenvalue weighted by Gasteiger charge is -2.06. The second kappa shape index (κ2) is 9.48. The quantitative estimate of drug-likeness (QED) is 0.351. The molecule has 3 rings (SSSR count). The lowest BCUT2D eigenvalue weighted by molar-refractivity contribution is -0.384. The second-order valence-electron chi connectivity index (χ2n) is 5.99. The minimum atomic E-state index is -0.441. The van der Waals surface area contributed by atoms with E-state index in [1.807, 2.05) is 0 Å². The molecule has 0 aliphatic heterocycles. The third kappa shape index (κ3) is 5.88. The number of carbonyl (C=O) groups excluding carboxylic acids is 1. The average Bonchev–Trinajstić information content (AvgIpc) is 2.74. The topological polar surface area (TPSA) is 93.8 Å². The molecule has 1 amide bonds. The zero-order valence-corrected chi connectivity index (χ0v) is 15.9. The number of amides is 1. The number of nitro groups is 1. The van der Waals surface area contributed by atoms with Crippen molar-refractivity contribution in [2.24, 2.45) is 5.10 Å². The van der Waals surface area contributed by atoms with E-state index >= 15 is 0 Å². The van der Waals surface area contributed by atoms with Gasteiger partial charge >= 0.3 is 0 Å². The maximum atomic E-state index is 12.0. The summed E-state index contributed by atoms with van der Waals surface area (Å²) in [5.74, 6) is 0.272. The predicted molar refractivity (Wildman–Crippen MR) is 110 cm³/mol. The molecule has 0 aliphatic rings. The Bertz CT molecular complexity index is 1030. The van der Waals surface area contributed by atoms with Crippen LogP contribution < -0.4 is 10.2 Å². The summed E-state index contributed by atoms with van der Waals surface area (Å²) in [6, 6.07) is 19.8. The fourth-order valence-corrected chi connectivity index (χ4v) is 2.53. The second-order valence-corrected chi connectivity index (χ2v) is 6.43. The lowest BCUT2D eigenvalue weighted by Crippen LogP contribution is -2.17. The van der Waals surface area contributed by atoms with Crippen molar-refractivity contribution >= 4 is 29.4 Å². The number of benzene rings is 3. The van der Waals surface area contributed by atoms with E-state index in [9.17, 15) is 14.9 Å². The van der Waals surface area contributed by atoms with Crippen LogP contribution in [0.3, 0.4) is 0 Å². The monoisotopic (exact) mass is 409 g/mol. The average molecular weight is 410 g/mol. The van der Waals surface area contributed by atoms with Crippen molar-refractivity contribution in [1.29, 1.82) is 0 Å². The third-order valence-corrected chi connectivity index (χ3v) is 4.15. The van der Waals surface area contributed by atoms with Gasteiger partial charge in [-0.2, -0.15) is 5.10 Å². The van der Waals surface area contributed by atoms with Gasteiger partial charge in [-0.3, -0.25) is 14.9 Å². The maximum absolute atomic E-state index is 12.0. The first-order valence-electron chi connectivity index (χ1n) is 8.56. The predicted octanol–water partition coefficient (Wildman–Crippen LogP) is 4.59. The van der Waals surface area contributed by atoms with Crippen LogP contribution in [0, 0.1) is 10.1 Å². The Kier molecular flexibility index (Phi) is 6.55. The molecular weight excluding hydrogens is 394 g/mol. The number of hydrogen-bond acceptors (Lipinski definition) is 5. The van der Waals surface area contributed by atoms with Crippen LogP contribution in [0.2, 0.25) is 5.02 Å². The van der Waals surface area contributed by atoms with Gasteiger partial charge in [0, 0.05) is 22.7 Å². The van der Waals surface area contributed by atoms with E-state index in [0.29, 0.717) is 21.9 Å². The van der Waals surface area contributed by atoms with E-state index in [-0.39, 0.29) is 18.2 Å². The lowest BCUT2D eigenvalue weighted by atomic mass is 10.2. The molecule has 0 saturated carbocycles. The van der Waals surface area contributed by atoms with Gasteiger partial charge < -0.3 is 4.74 Å². The van der Waals surface area contributed by atoms with Gasteiger partial charge in [0.25, 0.3) is 11.6 Å². The van der Waals surface area contributed by atoms with Crippen molar-refractivity contribution in [1.82, 2.24) is 5.43 Å². The molecule has 0 unspecified atom stereocenters. The van der Waals surface area contributed by atoms with Crippen molar-refractivity contribution in [2.45, 2.75) is 6.61 Å². The standard InChI is InChI=1S/C21H16ClN3O4/c22-18-8-6-17(7-9-18)21(26)24-23-13-15-4-10-20(11-5-15)29-14-16-2-1-3-19(12-16)25(27)28/h1-13H,14H2,(H,24,26)/b23-13-. The number of nitrogens with one attached hydrogen (secondary N) is 1. The minimum Gasteiger partial charge on any atom is -0.489 e. The van der Waals surface area contributed by atoms with Crippen LogP contribution in [0.5, 0.6) is 5.75 Å². The highest BCUT2D eigenvalue weighted by atomic mass is 35.5. The molecule has 29 heavy (non-hydrogen) atoms. The van der Waals surface area contributed by atoms with Gasteiger partial charge in [0.05, 0.1) is 11.1 Å². The molecule has 7 nitrogen and oxygen atoms in total. The zero-order valence-electron chi connectivity index (χ0n) is 15.1. The Balaban J connectivity index is 1.52. The molecule has 3 aromatic carbocycles. The minimum absolute atomic E-state index is 0.0262. The van der Waals surface area contributed by atoms with Crippen LogP contribution in [0.1, 0.15) is 21.5 Å². The summed E-state index contributed by atoms with van der Waals surface area (Å²) in [7, 11) is 0. The van der Waals surface area contributed by atoms with Crippen LogP contribution in [0.15, 0.2) is 77.9 Å². The molecule has 0 heterocycles. The molecule has 0 saturated heterocycles. The molecule has 0 fully saturated rings. The van der Waals surface area contributed by atoms with E-state index < -0.39 is 4.92 Å². The molecule has 0 radical (unpaired) electrons. The van der Waals surface area contributed by atoms with Gasteiger partial charge in [-0.25, -0.2) is 5.43 Å². The summed E-state index contributed by atoms with van der Waals surface area (Å²) in [5.41, 5.74) is 4.40. The van der Waals surface area contributed by atoms with Crippen LogP contribution in [0.4, 0.5) is 5.69 Å². The van der Waals surface area contributed by atoms with Gasteiger partial charge in [-0.1, -0.05) is 23.7 Å². The van der Waals surface area contributed by atoms with E-state index in [2.05, 4.69) is 10.5 Å². The smallest absolute Gasteiger partial charge is 0.271 e. The summed E-state index contributed by atoms with van der Waals surface area (Å²) in [6.45, 7) is 0.215. The molecule has 0 atom stereocenters. The fourth-order valence-electron chi connectivity index (χ4n) is 2.41. The van der Waals surface area contributed by atoms with E-state index in [0.717, 1.165) is 5.56 Å². The van der Waals surface area contributed by atoms with E-state index in [4.69, 9.17) is 16.3 Å². The van der Waals surface area contributed by atoms with Crippen LogP contribution >= 0.6 is 11.6 Å². The summed E-state index contributed by atoms with van der Waals surface area (Å²) in [4.78, 5) is 22.3. The van der Waals surface area contributed by atoms with Crippen molar-refractivity contribution < 1.29 is 14.5 Å². The number of nitrogens with zero attached hydrogens (tertiary/aromatic N) is 2. The molecule has 0 aliphatic carbocycles. The van der Waals surface area contributed by atoms with Crippen molar-refractivity contribution in [3.8, 4) is 5.75 Å². The first kappa shape index (κ1) is 20.0. The van der Waals surface area contributed by atoms with E-state index in [1.165, 1.54) is 18.3 Å². The Hall–Kier alpha value is -3.71. The van der Waals surface area contributed by atoms with Gasteiger partial charge in [0.15, 0.2) is 0 Å². The summed E-state index contributed by atoms with van der Waals surface area (Å²) in [5, 5.41) is 15.3. The third-order valence-electron chi connectivity index (χ3n) is 3.89. The maximum Gasteiger partial charge on any atom is 0.271 e. The number of halogens is 1. The SMILES string of the molecule is O=C(N/N=C\c1ccc(OCc2cccc([N+](=O)[O-])c2)cc1)c1ccc(Cl)cc1. The largest absolute Gasteiger partial charge is 0.489 e. The van der Waals surface area contributed by atoms with Crippen molar-refractivity contribution in [2.75, 3.05) is 0 Å². The summed E-state index contributed by atoms with van der Waals surface area (Å²) >= 11 is 5.79. The molecule has 0 aromatic heterocycles. The Morgan fingerprint density at radius 1 is 1.10 bits per heavy atom. The molecule has 1 N–H and O–H groups in total. The number of ether oxygens (including phenoxy) is 1. The number of rotatable bonds is 7. The van der Waals surface area contributed by atoms with Crippen molar-refractivity contribution in [3.63, 3.8) is 0 Å². The van der Waals surface area contributed by atoms with Crippen LogP contribution in [0.25, 0.3) is 0 Å².